The standard InChI is InChI=1S/C16H19NO3S/c1-10-7-8-14(21-10)11(2)17-16(19)15(18)12-5-4-6-13(9-12)20-3/h4-9,11,15,18H,1-3H3,(H,17,19)/t11-,15+/m0/s1. The lowest BCUT2D eigenvalue weighted by Crippen LogP contribution is -2.31. The Morgan fingerprint density at radius 1 is 1.33 bits per heavy atom. The first kappa shape index (κ1) is 15.5. The second-order valence-electron chi connectivity index (χ2n) is 4.86. The molecule has 0 saturated carbocycles. The molecule has 0 saturated heterocycles. The van der Waals surface area contributed by atoms with Crippen LogP contribution < -0.4 is 10.1 Å². The van der Waals surface area contributed by atoms with Crippen molar-refractivity contribution >= 4 is 17.2 Å². The molecule has 1 aromatic heterocycles. The Morgan fingerprint density at radius 3 is 2.71 bits per heavy atom. The molecule has 0 bridgehead atoms. The van der Waals surface area contributed by atoms with Gasteiger partial charge >= 0.3 is 0 Å². The van der Waals surface area contributed by atoms with Crippen LogP contribution in [0.2, 0.25) is 0 Å². The summed E-state index contributed by atoms with van der Waals surface area (Å²) in [6, 6.07) is 10.7. The Kier molecular flexibility index (Phi) is 4.98. The third kappa shape index (κ3) is 3.83. The SMILES string of the molecule is COc1cccc([C@@H](O)C(=O)N[C@@H](C)c2ccc(C)s2)c1. The Hall–Kier alpha value is -1.85. The fourth-order valence-electron chi connectivity index (χ4n) is 2.01. The van der Waals surface area contributed by atoms with Crippen LogP contribution in [-0.2, 0) is 4.79 Å². The number of hydrogen-bond donors (Lipinski definition) is 2. The summed E-state index contributed by atoms with van der Waals surface area (Å²) >= 11 is 1.64. The Morgan fingerprint density at radius 2 is 2.10 bits per heavy atom. The van der Waals surface area contributed by atoms with Crippen molar-refractivity contribution in [2.24, 2.45) is 0 Å². The molecule has 2 rings (SSSR count). The van der Waals surface area contributed by atoms with Gasteiger partial charge in [0.1, 0.15) is 5.75 Å². The lowest BCUT2D eigenvalue weighted by molar-refractivity contribution is -0.130. The van der Waals surface area contributed by atoms with Crippen molar-refractivity contribution in [1.82, 2.24) is 5.32 Å². The van der Waals surface area contributed by atoms with Gasteiger partial charge in [0.15, 0.2) is 6.10 Å². The summed E-state index contributed by atoms with van der Waals surface area (Å²) in [5.41, 5.74) is 0.515. The van der Waals surface area contributed by atoms with E-state index in [2.05, 4.69) is 5.32 Å². The molecule has 0 aliphatic heterocycles. The van der Waals surface area contributed by atoms with E-state index in [4.69, 9.17) is 4.74 Å². The highest BCUT2D eigenvalue weighted by molar-refractivity contribution is 7.12. The molecule has 2 N–H and O–H groups in total. The van der Waals surface area contributed by atoms with Crippen LogP contribution in [0.25, 0.3) is 0 Å². The van der Waals surface area contributed by atoms with Gasteiger partial charge in [-0.25, -0.2) is 0 Å². The Bertz CT molecular complexity index is 623. The first-order valence-electron chi connectivity index (χ1n) is 6.70. The van der Waals surface area contributed by atoms with Crippen LogP contribution in [0.5, 0.6) is 5.75 Å². The van der Waals surface area contributed by atoms with Crippen molar-refractivity contribution in [1.29, 1.82) is 0 Å². The molecule has 0 spiro atoms. The summed E-state index contributed by atoms with van der Waals surface area (Å²) in [6.45, 7) is 3.93. The molecule has 2 aromatic rings. The summed E-state index contributed by atoms with van der Waals surface area (Å²) in [5.74, 6) is 0.197. The zero-order chi connectivity index (χ0) is 15.4. The van der Waals surface area contributed by atoms with Crippen molar-refractivity contribution in [3.63, 3.8) is 0 Å². The van der Waals surface area contributed by atoms with E-state index in [1.807, 2.05) is 26.0 Å². The van der Waals surface area contributed by atoms with Gasteiger partial charge in [0, 0.05) is 9.75 Å². The van der Waals surface area contributed by atoms with Crippen LogP contribution in [-0.4, -0.2) is 18.1 Å². The van der Waals surface area contributed by atoms with E-state index in [9.17, 15) is 9.90 Å². The average molecular weight is 305 g/mol. The second kappa shape index (κ2) is 6.74. The number of amides is 1. The van der Waals surface area contributed by atoms with E-state index < -0.39 is 12.0 Å². The van der Waals surface area contributed by atoms with Gasteiger partial charge in [0.25, 0.3) is 5.91 Å². The minimum atomic E-state index is -1.20. The molecule has 2 atom stereocenters. The number of hydrogen-bond acceptors (Lipinski definition) is 4. The highest BCUT2D eigenvalue weighted by Crippen LogP contribution is 2.24. The van der Waals surface area contributed by atoms with E-state index in [0.29, 0.717) is 11.3 Å². The fraction of sp³-hybridized carbons (Fsp3) is 0.312. The molecule has 1 amide bonds. The molecule has 4 nitrogen and oxygen atoms in total. The molecule has 0 aliphatic rings. The van der Waals surface area contributed by atoms with Crippen LogP contribution in [0.3, 0.4) is 0 Å². The highest BCUT2D eigenvalue weighted by Gasteiger charge is 2.20. The van der Waals surface area contributed by atoms with Crippen LogP contribution in [0.4, 0.5) is 0 Å². The number of aliphatic hydroxyl groups excluding tert-OH is 1. The van der Waals surface area contributed by atoms with Crippen LogP contribution in [0.1, 0.15) is 34.4 Å². The first-order chi connectivity index (χ1) is 10.0. The van der Waals surface area contributed by atoms with Crippen molar-refractivity contribution in [3.8, 4) is 5.75 Å². The highest BCUT2D eigenvalue weighted by atomic mass is 32.1. The molecular weight excluding hydrogens is 286 g/mol. The maximum absolute atomic E-state index is 12.1. The lowest BCUT2D eigenvalue weighted by Gasteiger charge is -2.16. The summed E-state index contributed by atoms with van der Waals surface area (Å²) in [4.78, 5) is 14.4. The quantitative estimate of drug-likeness (QED) is 0.893. The van der Waals surface area contributed by atoms with Gasteiger partial charge in [0.2, 0.25) is 0 Å². The van der Waals surface area contributed by atoms with E-state index in [0.717, 1.165) is 4.88 Å². The van der Waals surface area contributed by atoms with Gasteiger partial charge < -0.3 is 15.2 Å². The largest absolute Gasteiger partial charge is 0.497 e. The zero-order valence-corrected chi connectivity index (χ0v) is 13.1. The summed E-state index contributed by atoms with van der Waals surface area (Å²) in [7, 11) is 1.55. The predicted octanol–water partition coefficient (Wildman–Crippen LogP) is 2.98. The van der Waals surface area contributed by atoms with Crippen LogP contribution in [0.15, 0.2) is 36.4 Å². The predicted molar refractivity (Wildman–Crippen MR) is 83.6 cm³/mol. The van der Waals surface area contributed by atoms with Gasteiger partial charge in [-0.3, -0.25) is 4.79 Å². The number of benzene rings is 1. The lowest BCUT2D eigenvalue weighted by atomic mass is 10.1. The first-order valence-corrected chi connectivity index (χ1v) is 7.51. The second-order valence-corrected chi connectivity index (χ2v) is 6.18. The third-order valence-electron chi connectivity index (χ3n) is 3.20. The minimum absolute atomic E-state index is 0.128. The summed E-state index contributed by atoms with van der Waals surface area (Å²) < 4.78 is 5.10. The number of ether oxygens (including phenoxy) is 1. The van der Waals surface area contributed by atoms with E-state index in [1.54, 1.807) is 42.7 Å². The molecule has 1 aromatic carbocycles. The van der Waals surface area contributed by atoms with E-state index >= 15 is 0 Å². The molecule has 21 heavy (non-hydrogen) atoms. The fourth-order valence-corrected chi connectivity index (χ4v) is 2.89. The zero-order valence-electron chi connectivity index (χ0n) is 12.3. The van der Waals surface area contributed by atoms with Crippen molar-refractivity contribution in [3.05, 3.63) is 51.7 Å². The normalized spacial score (nSPS) is 13.5. The number of nitrogens with one attached hydrogen (secondary N) is 1. The summed E-state index contributed by atoms with van der Waals surface area (Å²) in [6.07, 6.45) is -1.20. The molecule has 5 heteroatoms. The van der Waals surface area contributed by atoms with Crippen molar-refractivity contribution in [2.75, 3.05) is 7.11 Å². The molecular formula is C16H19NO3S. The van der Waals surface area contributed by atoms with E-state index in [-0.39, 0.29) is 6.04 Å². The number of rotatable bonds is 5. The number of aryl methyl sites for hydroxylation is 1. The van der Waals surface area contributed by atoms with Crippen LogP contribution in [0, 0.1) is 6.92 Å². The topological polar surface area (TPSA) is 58.6 Å². The smallest absolute Gasteiger partial charge is 0.253 e. The summed E-state index contributed by atoms with van der Waals surface area (Å²) in [5, 5.41) is 13.0. The molecule has 0 aliphatic carbocycles. The van der Waals surface area contributed by atoms with Gasteiger partial charge in [-0.05, 0) is 43.7 Å². The number of methoxy groups -OCH3 is 1. The monoisotopic (exact) mass is 305 g/mol. The number of carbonyl (C=O) groups is 1. The van der Waals surface area contributed by atoms with Gasteiger partial charge in [-0.15, -0.1) is 11.3 Å². The number of thiophene rings is 1. The Balaban J connectivity index is 2.05. The molecule has 0 fully saturated rings. The number of aliphatic hydroxyl groups is 1. The average Bonchev–Trinajstić information content (AvgIpc) is 2.93. The maximum Gasteiger partial charge on any atom is 0.253 e. The molecule has 1 heterocycles. The van der Waals surface area contributed by atoms with Crippen molar-refractivity contribution < 1.29 is 14.6 Å². The van der Waals surface area contributed by atoms with Gasteiger partial charge in [-0.1, -0.05) is 12.1 Å². The van der Waals surface area contributed by atoms with Crippen LogP contribution >= 0.6 is 11.3 Å². The minimum Gasteiger partial charge on any atom is -0.497 e. The maximum atomic E-state index is 12.1. The van der Waals surface area contributed by atoms with Gasteiger partial charge in [-0.2, -0.15) is 0 Å². The Labute approximate surface area is 128 Å². The number of carbonyl (C=O) groups excluding carboxylic acids is 1. The van der Waals surface area contributed by atoms with Crippen molar-refractivity contribution in [2.45, 2.75) is 26.0 Å². The third-order valence-corrected chi connectivity index (χ3v) is 4.39. The molecule has 0 unspecified atom stereocenters. The van der Waals surface area contributed by atoms with E-state index in [1.165, 1.54) is 4.88 Å². The van der Waals surface area contributed by atoms with Gasteiger partial charge in [0.05, 0.1) is 13.2 Å². The molecule has 0 radical (unpaired) electrons. The molecule has 112 valence electrons.